The highest BCUT2D eigenvalue weighted by molar-refractivity contribution is 5.87. The van der Waals surface area contributed by atoms with Gasteiger partial charge in [0, 0.05) is 43.4 Å². The Kier molecular flexibility index (Phi) is 7.57. The van der Waals surface area contributed by atoms with Gasteiger partial charge in [0.2, 0.25) is 5.91 Å². The first-order valence-corrected chi connectivity index (χ1v) is 12.6. The number of nitrogens with zero attached hydrogens (tertiary/aromatic N) is 3. The predicted octanol–water partition coefficient (Wildman–Crippen LogP) is 4.78. The average Bonchev–Trinajstić information content (AvgIpc) is 2.92. The monoisotopic (exact) mass is 517 g/mol. The van der Waals surface area contributed by atoms with Crippen LogP contribution in [0.3, 0.4) is 0 Å². The fourth-order valence-corrected chi connectivity index (χ4v) is 4.77. The third kappa shape index (κ3) is 5.95. The van der Waals surface area contributed by atoms with Gasteiger partial charge < -0.3 is 15.3 Å². The molecule has 7 nitrogen and oxygen atoms in total. The van der Waals surface area contributed by atoms with E-state index in [-0.39, 0.29) is 23.5 Å². The number of piperidine rings is 1. The number of aliphatic hydroxyl groups excluding tert-OH is 1. The summed E-state index contributed by atoms with van der Waals surface area (Å²) in [4.78, 5) is 23.1. The molecule has 4 aromatic rings. The molecule has 1 amide bonds. The van der Waals surface area contributed by atoms with E-state index < -0.39 is 6.35 Å². The molecule has 196 valence electrons. The van der Waals surface area contributed by atoms with Gasteiger partial charge >= 0.3 is 0 Å². The van der Waals surface area contributed by atoms with Crippen LogP contribution in [0.4, 0.5) is 14.5 Å². The van der Waals surface area contributed by atoms with Crippen molar-refractivity contribution in [2.45, 2.75) is 26.1 Å². The highest BCUT2D eigenvalue weighted by Crippen LogP contribution is 2.32. The van der Waals surface area contributed by atoms with E-state index in [0.717, 1.165) is 19.4 Å². The van der Waals surface area contributed by atoms with Crippen LogP contribution in [0.15, 0.2) is 66.7 Å². The average molecular weight is 518 g/mol. The van der Waals surface area contributed by atoms with Crippen LogP contribution in [0.1, 0.15) is 19.8 Å². The molecule has 1 saturated heterocycles. The van der Waals surface area contributed by atoms with Crippen molar-refractivity contribution in [1.82, 2.24) is 20.2 Å². The minimum absolute atomic E-state index is 0.0771. The molecule has 1 aliphatic heterocycles. The number of rotatable bonds is 7. The Hall–Kier alpha value is -3.95. The van der Waals surface area contributed by atoms with Gasteiger partial charge in [-0.15, -0.1) is 0 Å². The molecule has 2 heterocycles. The lowest BCUT2D eigenvalue weighted by Crippen LogP contribution is -2.45. The first-order valence-electron chi connectivity index (χ1n) is 12.6. The summed E-state index contributed by atoms with van der Waals surface area (Å²) in [6.45, 7) is 3.62. The lowest BCUT2D eigenvalue weighted by molar-refractivity contribution is -0.130. The number of benzene rings is 3. The molecule has 1 aromatic heterocycles. The Morgan fingerprint density at radius 3 is 2.18 bits per heavy atom. The molecule has 3 N–H and O–H groups in total. The second kappa shape index (κ2) is 11.2. The number of hydrogen-bond donors (Lipinski definition) is 3. The third-order valence-electron chi connectivity index (χ3n) is 6.77. The van der Waals surface area contributed by atoms with Crippen molar-refractivity contribution in [3.63, 3.8) is 0 Å². The van der Waals surface area contributed by atoms with Crippen LogP contribution in [0.2, 0.25) is 0 Å². The summed E-state index contributed by atoms with van der Waals surface area (Å²) < 4.78 is 27.2. The Balaban J connectivity index is 1.37. The second-order valence-electron chi connectivity index (χ2n) is 9.57. The summed E-state index contributed by atoms with van der Waals surface area (Å²) >= 11 is 0. The number of carbonyl (C=O) groups is 1. The maximum Gasteiger partial charge on any atom is 0.219 e. The van der Waals surface area contributed by atoms with E-state index in [2.05, 4.69) is 10.6 Å². The first-order chi connectivity index (χ1) is 18.4. The lowest BCUT2D eigenvalue weighted by Gasteiger charge is -2.32. The molecule has 2 unspecified atom stereocenters. The second-order valence-corrected chi connectivity index (χ2v) is 9.57. The van der Waals surface area contributed by atoms with Crippen molar-refractivity contribution >= 4 is 22.6 Å². The number of aromatic nitrogens is 2. The molecule has 0 radical (unpaired) electrons. The summed E-state index contributed by atoms with van der Waals surface area (Å²) in [5.74, 6) is -0.364. The van der Waals surface area contributed by atoms with E-state index in [4.69, 9.17) is 9.97 Å². The normalized spacial score (nSPS) is 16.4. The lowest BCUT2D eigenvalue weighted by atomic mass is 9.98. The fraction of sp³-hybridized carbons (Fsp3) is 0.276. The van der Waals surface area contributed by atoms with Crippen LogP contribution < -0.4 is 10.6 Å². The largest absolute Gasteiger partial charge is 0.361 e. The molecule has 38 heavy (non-hydrogen) atoms. The molecule has 0 bridgehead atoms. The van der Waals surface area contributed by atoms with Crippen molar-refractivity contribution in [1.29, 1.82) is 0 Å². The maximum atomic E-state index is 13.6. The number of anilines is 1. The Labute approximate surface area is 219 Å². The smallest absolute Gasteiger partial charge is 0.219 e. The summed E-state index contributed by atoms with van der Waals surface area (Å²) in [7, 11) is 0. The van der Waals surface area contributed by atoms with Crippen LogP contribution in [-0.4, -0.2) is 51.9 Å². The standard InChI is InChI=1S/C29H29F2N5O2/c1-18(37)36-14-2-3-19(17-36)16-32-29(38)33-24-12-13-25-26(15-24)35-28(21-6-10-23(31)11-7-21)27(34-25)20-4-8-22(30)9-5-20/h4-13,15,19,29,32-33,38H,2-3,14,16-17H2,1H3. The van der Waals surface area contributed by atoms with E-state index in [1.54, 1.807) is 49.4 Å². The molecule has 0 aliphatic carbocycles. The third-order valence-corrected chi connectivity index (χ3v) is 6.77. The molecular weight excluding hydrogens is 488 g/mol. The number of amides is 1. The predicted molar refractivity (Wildman–Crippen MR) is 143 cm³/mol. The zero-order valence-electron chi connectivity index (χ0n) is 21.0. The molecular formula is C29H29F2N5O2. The van der Waals surface area contributed by atoms with Gasteiger partial charge in [0.1, 0.15) is 11.6 Å². The van der Waals surface area contributed by atoms with Gasteiger partial charge in [0.25, 0.3) is 0 Å². The quantitative estimate of drug-likeness (QED) is 0.306. The van der Waals surface area contributed by atoms with E-state index in [1.807, 2.05) is 4.90 Å². The van der Waals surface area contributed by atoms with Crippen molar-refractivity contribution < 1.29 is 18.7 Å². The number of fused-ring (bicyclic) bond motifs is 1. The number of nitrogens with one attached hydrogen (secondary N) is 2. The van der Waals surface area contributed by atoms with Gasteiger partial charge in [0.05, 0.1) is 22.4 Å². The SMILES string of the molecule is CC(=O)N1CCCC(CNC(O)Nc2ccc3nc(-c4ccc(F)cc4)c(-c4ccc(F)cc4)nc3c2)C1. The molecule has 5 rings (SSSR count). The Morgan fingerprint density at radius 1 is 0.974 bits per heavy atom. The maximum absolute atomic E-state index is 13.6. The van der Waals surface area contributed by atoms with E-state index >= 15 is 0 Å². The minimum atomic E-state index is -0.997. The number of aliphatic hydroxyl groups is 1. The van der Waals surface area contributed by atoms with E-state index in [9.17, 15) is 18.7 Å². The molecule has 0 saturated carbocycles. The summed E-state index contributed by atoms with van der Waals surface area (Å²) in [6.07, 6.45) is 0.954. The number of likely N-dealkylation sites (tertiary alicyclic amines) is 1. The van der Waals surface area contributed by atoms with Gasteiger partial charge in [-0.2, -0.15) is 0 Å². The fourth-order valence-electron chi connectivity index (χ4n) is 4.77. The Bertz CT molecular complexity index is 1430. The summed E-state index contributed by atoms with van der Waals surface area (Å²) in [5, 5.41) is 16.7. The van der Waals surface area contributed by atoms with Gasteiger partial charge in [-0.05, 0) is 85.5 Å². The van der Waals surface area contributed by atoms with Gasteiger partial charge in [-0.1, -0.05) is 0 Å². The molecule has 1 fully saturated rings. The van der Waals surface area contributed by atoms with E-state index in [1.165, 1.54) is 24.3 Å². The van der Waals surface area contributed by atoms with Crippen molar-refractivity contribution in [2.24, 2.45) is 5.92 Å². The molecule has 9 heteroatoms. The number of carbonyl (C=O) groups excluding carboxylic acids is 1. The minimum Gasteiger partial charge on any atom is -0.361 e. The van der Waals surface area contributed by atoms with Crippen LogP contribution in [-0.2, 0) is 4.79 Å². The van der Waals surface area contributed by atoms with Crippen molar-refractivity contribution in [2.75, 3.05) is 25.0 Å². The highest BCUT2D eigenvalue weighted by atomic mass is 19.1. The molecule has 1 aliphatic rings. The zero-order valence-corrected chi connectivity index (χ0v) is 21.0. The van der Waals surface area contributed by atoms with Gasteiger partial charge in [-0.25, -0.2) is 18.7 Å². The number of halogens is 2. The van der Waals surface area contributed by atoms with Crippen LogP contribution in [0.5, 0.6) is 0 Å². The van der Waals surface area contributed by atoms with Crippen LogP contribution in [0.25, 0.3) is 33.5 Å². The molecule has 0 spiro atoms. The van der Waals surface area contributed by atoms with Crippen molar-refractivity contribution in [3.05, 3.63) is 78.4 Å². The van der Waals surface area contributed by atoms with E-state index in [0.29, 0.717) is 52.3 Å². The molecule has 2 atom stereocenters. The summed E-state index contributed by atoms with van der Waals surface area (Å²) in [6, 6.07) is 17.4. The summed E-state index contributed by atoms with van der Waals surface area (Å²) in [5.41, 5.74) is 4.29. The van der Waals surface area contributed by atoms with Crippen LogP contribution >= 0.6 is 0 Å². The Morgan fingerprint density at radius 2 is 1.58 bits per heavy atom. The highest BCUT2D eigenvalue weighted by Gasteiger charge is 2.22. The van der Waals surface area contributed by atoms with Gasteiger partial charge in [-0.3, -0.25) is 10.1 Å². The zero-order chi connectivity index (χ0) is 26.6. The van der Waals surface area contributed by atoms with Crippen LogP contribution in [0, 0.1) is 17.6 Å². The number of hydrogen-bond acceptors (Lipinski definition) is 6. The van der Waals surface area contributed by atoms with Gasteiger partial charge in [0.15, 0.2) is 6.35 Å². The first kappa shape index (κ1) is 25.7. The van der Waals surface area contributed by atoms with Crippen molar-refractivity contribution in [3.8, 4) is 22.5 Å². The topological polar surface area (TPSA) is 90.4 Å². The molecule has 3 aromatic carbocycles.